The van der Waals surface area contributed by atoms with Gasteiger partial charge in [-0.2, -0.15) is 4.98 Å². The number of aromatic nitrogens is 2. The van der Waals surface area contributed by atoms with Gasteiger partial charge in [0.2, 0.25) is 11.8 Å². The van der Waals surface area contributed by atoms with Gasteiger partial charge in [-0.25, -0.2) is 0 Å². The molecule has 0 unspecified atom stereocenters. The van der Waals surface area contributed by atoms with E-state index in [0.717, 1.165) is 44.2 Å². The van der Waals surface area contributed by atoms with Crippen LogP contribution < -0.4 is 5.32 Å². The molecule has 2 saturated carbocycles. The van der Waals surface area contributed by atoms with Gasteiger partial charge in [0.25, 0.3) is 0 Å². The Morgan fingerprint density at radius 2 is 2.14 bits per heavy atom. The number of hydrogen-bond acceptors (Lipinski definition) is 5. The van der Waals surface area contributed by atoms with E-state index in [0.29, 0.717) is 18.4 Å². The zero-order valence-electron chi connectivity index (χ0n) is 13.0. The first-order valence-corrected chi connectivity index (χ1v) is 8.60. The zero-order chi connectivity index (χ0) is 14.9. The summed E-state index contributed by atoms with van der Waals surface area (Å²) in [5, 5.41) is 7.17. The van der Waals surface area contributed by atoms with Crippen LogP contribution in [0.15, 0.2) is 4.52 Å². The summed E-state index contributed by atoms with van der Waals surface area (Å²) in [6.07, 6.45) is 6.97. The van der Waals surface area contributed by atoms with Crippen LogP contribution in [0.2, 0.25) is 0 Å². The predicted molar refractivity (Wildman–Crippen MR) is 80.0 cm³/mol. The molecule has 1 N–H and O–H groups in total. The number of rotatable bonds is 6. The second-order valence-electron chi connectivity index (χ2n) is 7.08. The quantitative estimate of drug-likeness (QED) is 0.866. The summed E-state index contributed by atoms with van der Waals surface area (Å²) in [5.41, 5.74) is 0. The first-order valence-electron chi connectivity index (χ1n) is 8.60. The fraction of sp³-hybridized carbons (Fsp3) is 0.812. The Morgan fingerprint density at radius 3 is 2.91 bits per heavy atom. The Kier molecular flexibility index (Phi) is 3.86. The third kappa shape index (κ3) is 3.48. The molecule has 1 atom stereocenters. The standard InChI is InChI=1S/C16H24N4O2/c21-16(17-8-11-3-4-11)13-2-1-7-20(9-13)10-14-18-15(19-22-14)12-5-6-12/h11-13H,1-10H2,(H,17,21)/t13-/m1/s1. The number of amides is 1. The van der Waals surface area contributed by atoms with Crippen LogP contribution in [0, 0.1) is 11.8 Å². The van der Waals surface area contributed by atoms with Gasteiger partial charge in [0.15, 0.2) is 5.82 Å². The van der Waals surface area contributed by atoms with E-state index in [-0.39, 0.29) is 11.8 Å². The molecule has 6 heteroatoms. The van der Waals surface area contributed by atoms with Gasteiger partial charge in [0.05, 0.1) is 12.5 Å². The fourth-order valence-electron chi connectivity index (χ4n) is 3.16. The number of piperidine rings is 1. The lowest BCUT2D eigenvalue weighted by Crippen LogP contribution is -2.43. The van der Waals surface area contributed by atoms with Gasteiger partial charge in [0, 0.05) is 19.0 Å². The largest absolute Gasteiger partial charge is 0.356 e. The molecule has 3 fully saturated rings. The van der Waals surface area contributed by atoms with Crippen LogP contribution >= 0.6 is 0 Å². The van der Waals surface area contributed by atoms with Crippen molar-refractivity contribution in [3.8, 4) is 0 Å². The van der Waals surface area contributed by atoms with Gasteiger partial charge in [-0.05, 0) is 51.0 Å². The molecule has 1 saturated heterocycles. The molecular formula is C16H24N4O2. The van der Waals surface area contributed by atoms with Crippen LogP contribution in [0.25, 0.3) is 0 Å². The van der Waals surface area contributed by atoms with E-state index in [1.165, 1.54) is 25.7 Å². The van der Waals surface area contributed by atoms with Crippen LogP contribution in [-0.2, 0) is 11.3 Å². The van der Waals surface area contributed by atoms with Crippen LogP contribution in [0.3, 0.4) is 0 Å². The fourth-order valence-corrected chi connectivity index (χ4v) is 3.16. The minimum atomic E-state index is 0.110. The summed E-state index contributed by atoms with van der Waals surface area (Å²) in [6, 6.07) is 0. The lowest BCUT2D eigenvalue weighted by Gasteiger charge is -2.30. The average Bonchev–Trinajstić information content (AvgIpc) is 3.45. The molecule has 2 heterocycles. The van der Waals surface area contributed by atoms with Crippen molar-refractivity contribution in [3.63, 3.8) is 0 Å². The highest BCUT2D eigenvalue weighted by Gasteiger charge is 2.31. The number of likely N-dealkylation sites (tertiary alicyclic amines) is 1. The molecule has 1 aliphatic heterocycles. The van der Waals surface area contributed by atoms with E-state index < -0.39 is 0 Å². The van der Waals surface area contributed by atoms with E-state index in [1.54, 1.807) is 0 Å². The van der Waals surface area contributed by atoms with Crippen molar-refractivity contribution in [2.24, 2.45) is 11.8 Å². The first-order chi connectivity index (χ1) is 10.8. The monoisotopic (exact) mass is 304 g/mol. The number of nitrogens with zero attached hydrogens (tertiary/aromatic N) is 3. The summed E-state index contributed by atoms with van der Waals surface area (Å²) in [5.74, 6) is 3.16. The third-order valence-corrected chi connectivity index (χ3v) is 4.92. The Labute approximate surface area is 130 Å². The molecule has 1 aromatic heterocycles. The molecule has 0 spiro atoms. The maximum Gasteiger partial charge on any atom is 0.240 e. The minimum Gasteiger partial charge on any atom is -0.356 e. The van der Waals surface area contributed by atoms with Crippen molar-refractivity contribution in [3.05, 3.63) is 11.7 Å². The molecule has 2 aliphatic carbocycles. The molecule has 6 nitrogen and oxygen atoms in total. The van der Waals surface area contributed by atoms with Crippen molar-refractivity contribution in [2.75, 3.05) is 19.6 Å². The lowest BCUT2D eigenvalue weighted by atomic mass is 9.97. The van der Waals surface area contributed by atoms with Crippen molar-refractivity contribution < 1.29 is 9.32 Å². The highest BCUT2D eigenvalue weighted by atomic mass is 16.5. The molecule has 1 amide bonds. The van der Waals surface area contributed by atoms with E-state index >= 15 is 0 Å². The van der Waals surface area contributed by atoms with E-state index in [1.807, 2.05) is 0 Å². The number of carbonyl (C=O) groups excluding carboxylic acids is 1. The summed E-state index contributed by atoms with van der Waals surface area (Å²) in [4.78, 5) is 19.0. The molecule has 120 valence electrons. The number of hydrogen-bond donors (Lipinski definition) is 1. The van der Waals surface area contributed by atoms with Gasteiger partial charge < -0.3 is 9.84 Å². The van der Waals surface area contributed by atoms with Gasteiger partial charge >= 0.3 is 0 Å². The Hall–Kier alpha value is -1.43. The van der Waals surface area contributed by atoms with E-state index in [4.69, 9.17) is 4.52 Å². The van der Waals surface area contributed by atoms with Crippen LogP contribution in [-0.4, -0.2) is 40.6 Å². The maximum atomic E-state index is 12.2. The molecule has 3 aliphatic rings. The number of carbonyl (C=O) groups is 1. The average molecular weight is 304 g/mol. The topological polar surface area (TPSA) is 71.3 Å². The molecule has 0 bridgehead atoms. The van der Waals surface area contributed by atoms with Crippen LogP contribution in [0.5, 0.6) is 0 Å². The summed E-state index contributed by atoms with van der Waals surface area (Å²) in [7, 11) is 0. The van der Waals surface area contributed by atoms with Crippen molar-refractivity contribution in [1.82, 2.24) is 20.4 Å². The molecule has 0 aromatic carbocycles. The highest BCUT2D eigenvalue weighted by Crippen LogP contribution is 2.38. The normalized spacial score (nSPS) is 26.1. The predicted octanol–water partition coefficient (Wildman–Crippen LogP) is 1.69. The smallest absolute Gasteiger partial charge is 0.240 e. The molecule has 22 heavy (non-hydrogen) atoms. The van der Waals surface area contributed by atoms with Crippen molar-refractivity contribution in [1.29, 1.82) is 0 Å². The third-order valence-electron chi connectivity index (χ3n) is 4.92. The van der Waals surface area contributed by atoms with Crippen molar-refractivity contribution >= 4 is 5.91 Å². The summed E-state index contributed by atoms with van der Waals surface area (Å²) < 4.78 is 5.35. The van der Waals surface area contributed by atoms with Gasteiger partial charge in [0.1, 0.15) is 0 Å². The Balaban J connectivity index is 1.28. The summed E-state index contributed by atoms with van der Waals surface area (Å²) in [6.45, 7) is 3.35. The molecule has 1 aromatic rings. The van der Waals surface area contributed by atoms with Gasteiger partial charge in [-0.3, -0.25) is 9.69 Å². The molecule has 0 radical (unpaired) electrons. The summed E-state index contributed by atoms with van der Waals surface area (Å²) >= 11 is 0. The molecular weight excluding hydrogens is 280 g/mol. The van der Waals surface area contributed by atoms with Crippen LogP contribution in [0.4, 0.5) is 0 Å². The Bertz CT molecular complexity index is 536. The minimum absolute atomic E-state index is 0.110. The van der Waals surface area contributed by atoms with E-state index in [2.05, 4.69) is 20.4 Å². The zero-order valence-corrected chi connectivity index (χ0v) is 13.0. The SMILES string of the molecule is O=C(NCC1CC1)[C@@H]1CCCN(Cc2nc(C3CC3)no2)C1. The first kappa shape index (κ1) is 14.2. The lowest BCUT2D eigenvalue weighted by molar-refractivity contribution is -0.126. The molecule has 4 rings (SSSR count). The Morgan fingerprint density at radius 1 is 1.27 bits per heavy atom. The van der Waals surface area contributed by atoms with Gasteiger partial charge in [-0.1, -0.05) is 5.16 Å². The van der Waals surface area contributed by atoms with Crippen LogP contribution in [0.1, 0.15) is 56.2 Å². The number of nitrogens with one attached hydrogen (secondary N) is 1. The second-order valence-corrected chi connectivity index (χ2v) is 7.08. The van der Waals surface area contributed by atoms with E-state index in [9.17, 15) is 4.79 Å². The van der Waals surface area contributed by atoms with Gasteiger partial charge in [-0.15, -0.1) is 0 Å². The second kappa shape index (κ2) is 5.99. The highest BCUT2D eigenvalue weighted by molar-refractivity contribution is 5.79. The van der Waals surface area contributed by atoms with Crippen molar-refractivity contribution in [2.45, 2.75) is 51.0 Å². The maximum absolute atomic E-state index is 12.2.